The Balaban J connectivity index is 2.00. The van der Waals surface area contributed by atoms with E-state index in [1.165, 1.54) is 0 Å². The third kappa shape index (κ3) is 4.15. The largest absolute Gasteiger partial charge is 0.410 e. The Hall–Kier alpha value is -1.74. The van der Waals surface area contributed by atoms with Crippen LogP contribution in [0.5, 0.6) is 0 Å². The summed E-state index contributed by atoms with van der Waals surface area (Å²) in [5.74, 6) is -0.596. The van der Waals surface area contributed by atoms with E-state index in [-0.39, 0.29) is 29.0 Å². The van der Waals surface area contributed by atoms with Gasteiger partial charge in [-0.3, -0.25) is 4.79 Å². The molecule has 0 spiro atoms. The molecule has 0 bridgehead atoms. The lowest BCUT2D eigenvalue weighted by molar-refractivity contribution is -0.173. The van der Waals surface area contributed by atoms with Gasteiger partial charge >= 0.3 is 6.18 Å². The molecule has 0 radical (unpaired) electrons. The zero-order valence-corrected chi connectivity index (χ0v) is 17.5. The normalized spacial score (nSPS) is 20.2. The summed E-state index contributed by atoms with van der Waals surface area (Å²) < 4.78 is 42.8. The Labute approximate surface area is 173 Å². The first-order valence-electron chi connectivity index (χ1n) is 8.79. The molecule has 1 amide bonds. The fourth-order valence-corrected chi connectivity index (χ4v) is 3.57. The molecule has 0 fully saturated rings. The number of hydrogen-bond donors (Lipinski definition) is 2. The molecule has 2 aromatic rings. The first-order valence-corrected chi connectivity index (χ1v) is 9.96. The number of benzene rings is 1. The average molecular weight is 480 g/mol. The molecule has 0 aliphatic carbocycles. The zero-order valence-electron chi connectivity index (χ0n) is 15.1. The number of anilines is 1. The average Bonchev–Trinajstić information content (AvgIpc) is 2.97. The minimum Gasteiger partial charge on any atom is -0.362 e. The first kappa shape index (κ1) is 21.0. The van der Waals surface area contributed by atoms with Crippen LogP contribution in [-0.2, 0) is 0 Å². The van der Waals surface area contributed by atoms with Gasteiger partial charge in [-0.25, -0.2) is 4.68 Å². The highest BCUT2D eigenvalue weighted by molar-refractivity contribution is 9.10. The molecule has 3 rings (SSSR count). The van der Waals surface area contributed by atoms with Gasteiger partial charge in [0.2, 0.25) is 0 Å². The molecular formula is C18H19BrClF3N4O. The van der Waals surface area contributed by atoms with Crippen LogP contribution in [0.4, 0.5) is 19.0 Å². The number of nitrogens with one attached hydrogen (secondary N) is 2. The minimum atomic E-state index is -4.54. The number of carbonyl (C=O) groups is 1. The molecule has 0 saturated heterocycles. The van der Waals surface area contributed by atoms with Crippen LogP contribution in [0.15, 0.2) is 28.7 Å². The van der Waals surface area contributed by atoms with Crippen molar-refractivity contribution in [2.45, 2.75) is 51.0 Å². The number of amides is 1. The Kier molecular flexibility index (Phi) is 5.95. The van der Waals surface area contributed by atoms with Crippen molar-refractivity contribution in [3.8, 4) is 0 Å². The monoisotopic (exact) mass is 478 g/mol. The molecule has 2 N–H and O–H groups in total. The summed E-state index contributed by atoms with van der Waals surface area (Å²) in [6.45, 7) is 3.68. The summed E-state index contributed by atoms with van der Waals surface area (Å²) in [6, 6.07) is 4.35. The molecular weight excluding hydrogens is 461 g/mol. The maximum absolute atomic E-state index is 13.7. The van der Waals surface area contributed by atoms with Crippen LogP contribution in [0, 0.1) is 0 Å². The number of hydrogen-bond acceptors (Lipinski definition) is 3. The van der Waals surface area contributed by atoms with Crippen LogP contribution in [-0.4, -0.2) is 27.9 Å². The predicted molar refractivity (Wildman–Crippen MR) is 105 cm³/mol. The summed E-state index contributed by atoms with van der Waals surface area (Å²) in [7, 11) is 0. The molecule has 5 nitrogen and oxygen atoms in total. The third-order valence-electron chi connectivity index (χ3n) is 4.77. The van der Waals surface area contributed by atoms with E-state index in [0.717, 1.165) is 9.15 Å². The van der Waals surface area contributed by atoms with Crippen LogP contribution < -0.4 is 10.6 Å². The van der Waals surface area contributed by atoms with E-state index in [9.17, 15) is 18.0 Å². The van der Waals surface area contributed by atoms with Crippen molar-refractivity contribution in [2.24, 2.45) is 0 Å². The van der Waals surface area contributed by atoms with Crippen molar-refractivity contribution in [2.75, 3.05) is 5.32 Å². The van der Waals surface area contributed by atoms with Gasteiger partial charge in [-0.15, -0.1) is 0 Å². The van der Waals surface area contributed by atoms with Gasteiger partial charge in [-0.1, -0.05) is 46.6 Å². The molecule has 152 valence electrons. The van der Waals surface area contributed by atoms with E-state index in [0.29, 0.717) is 12.0 Å². The van der Waals surface area contributed by atoms with Gasteiger partial charge in [0.05, 0.1) is 6.04 Å². The summed E-state index contributed by atoms with van der Waals surface area (Å²) in [4.78, 5) is 12.4. The highest BCUT2D eigenvalue weighted by Crippen LogP contribution is 2.46. The maximum Gasteiger partial charge on any atom is 0.410 e. The maximum atomic E-state index is 13.7. The van der Waals surface area contributed by atoms with E-state index in [1.807, 2.05) is 6.92 Å². The van der Waals surface area contributed by atoms with E-state index in [4.69, 9.17) is 11.6 Å². The lowest BCUT2D eigenvalue weighted by Gasteiger charge is -2.33. The highest BCUT2D eigenvalue weighted by Gasteiger charge is 2.47. The van der Waals surface area contributed by atoms with E-state index >= 15 is 0 Å². The number of rotatable bonds is 4. The summed E-state index contributed by atoms with van der Waals surface area (Å²) in [5, 5.41) is 9.50. The summed E-state index contributed by atoms with van der Waals surface area (Å²) in [6.07, 6.45) is -4.13. The second-order valence-electron chi connectivity index (χ2n) is 6.78. The predicted octanol–water partition coefficient (Wildman–Crippen LogP) is 5.49. The lowest BCUT2D eigenvalue weighted by atomic mass is 9.97. The smallest absolute Gasteiger partial charge is 0.362 e. The van der Waals surface area contributed by atoms with Crippen molar-refractivity contribution >= 4 is 39.3 Å². The third-order valence-corrected chi connectivity index (χ3v) is 5.66. The van der Waals surface area contributed by atoms with Crippen molar-refractivity contribution < 1.29 is 18.0 Å². The van der Waals surface area contributed by atoms with E-state index in [1.54, 1.807) is 31.2 Å². The number of nitrogens with zero attached hydrogens (tertiary/aromatic N) is 2. The topological polar surface area (TPSA) is 59.0 Å². The second-order valence-corrected chi connectivity index (χ2v) is 8.07. The molecule has 1 aliphatic heterocycles. The standard InChI is InChI=1S/C18H19BrClF3N4O/c1-3-9(2)24-17(28)15-14(20)16-25-12(10-4-6-11(19)7-5-10)8-13(18(21,22)23)27(16)26-15/h4-7,9,12-13,25H,3,8H2,1-2H3,(H,24,28). The van der Waals surface area contributed by atoms with Crippen LogP contribution in [0.2, 0.25) is 5.02 Å². The zero-order chi connectivity index (χ0) is 20.6. The molecule has 1 aliphatic rings. The van der Waals surface area contributed by atoms with Crippen LogP contribution in [0.1, 0.15) is 54.8 Å². The fraction of sp³-hybridized carbons (Fsp3) is 0.444. The molecule has 2 heterocycles. The Morgan fingerprint density at radius 3 is 2.64 bits per heavy atom. The number of alkyl halides is 3. The molecule has 10 heteroatoms. The summed E-state index contributed by atoms with van der Waals surface area (Å²) >= 11 is 9.59. The van der Waals surface area contributed by atoms with E-state index in [2.05, 4.69) is 31.7 Å². The van der Waals surface area contributed by atoms with Crippen molar-refractivity contribution in [3.63, 3.8) is 0 Å². The number of fused-ring (bicyclic) bond motifs is 1. The summed E-state index contributed by atoms with van der Waals surface area (Å²) in [5.41, 5.74) is 0.474. The molecule has 1 aromatic heterocycles. The first-order chi connectivity index (χ1) is 13.1. The molecule has 3 unspecified atom stereocenters. The van der Waals surface area contributed by atoms with Gasteiger partial charge in [0, 0.05) is 16.9 Å². The SMILES string of the molecule is CCC(C)NC(=O)c1nn2c(c1Cl)NC(c1ccc(Br)cc1)CC2C(F)(F)F. The quantitative estimate of drug-likeness (QED) is 0.610. The van der Waals surface area contributed by atoms with Gasteiger partial charge in [0.15, 0.2) is 11.7 Å². The van der Waals surface area contributed by atoms with Crippen LogP contribution in [0.3, 0.4) is 0 Å². The van der Waals surface area contributed by atoms with Crippen molar-refractivity contribution in [1.29, 1.82) is 0 Å². The van der Waals surface area contributed by atoms with E-state index < -0.39 is 24.2 Å². The Morgan fingerprint density at radius 1 is 1.43 bits per heavy atom. The molecule has 1 aromatic carbocycles. The minimum absolute atomic E-state index is 0.00235. The van der Waals surface area contributed by atoms with Gasteiger partial charge in [0.1, 0.15) is 10.8 Å². The van der Waals surface area contributed by atoms with Gasteiger partial charge < -0.3 is 10.6 Å². The number of carbonyl (C=O) groups excluding carboxylic acids is 1. The molecule has 28 heavy (non-hydrogen) atoms. The number of halogens is 5. The van der Waals surface area contributed by atoms with Gasteiger partial charge in [-0.2, -0.15) is 18.3 Å². The van der Waals surface area contributed by atoms with Crippen LogP contribution >= 0.6 is 27.5 Å². The number of aromatic nitrogens is 2. The van der Waals surface area contributed by atoms with Gasteiger partial charge in [0.25, 0.3) is 5.91 Å². The van der Waals surface area contributed by atoms with Gasteiger partial charge in [-0.05, 0) is 31.0 Å². The fourth-order valence-electron chi connectivity index (χ4n) is 3.04. The van der Waals surface area contributed by atoms with Crippen molar-refractivity contribution in [3.05, 3.63) is 45.0 Å². The molecule has 3 atom stereocenters. The Morgan fingerprint density at radius 2 is 2.07 bits per heavy atom. The Bertz CT molecular complexity index is 869. The van der Waals surface area contributed by atoms with Crippen LogP contribution in [0.25, 0.3) is 0 Å². The lowest BCUT2D eigenvalue weighted by Crippen LogP contribution is -2.36. The molecule has 0 saturated carbocycles. The highest BCUT2D eigenvalue weighted by atomic mass is 79.9. The van der Waals surface area contributed by atoms with Crippen molar-refractivity contribution in [1.82, 2.24) is 15.1 Å². The second kappa shape index (κ2) is 7.94.